The molecule has 21 heavy (non-hydrogen) atoms. The fourth-order valence-electron chi connectivity index (χ4n) is 1.71. The number of nitrogens with one attached hydrogen (secondary N) is 2. The molecule has 0 bridgehead atoms. The van der Waals surface area contributed by atoms with Gasteiger partial charge in [-0.25, -0.2) is 14.3 Å². The molecule has 1 rings (SSSR count). The molecule has 0 fully saturated rings. The highest BCUT2D eigenvalue weighted by Crippen LogP contribution is 2.08. The number of rotatable bonds is 6. The van der Waals surface area contributed by atoms with Gasteiger partial charge in [-0.15, -0.1) is 5.10 Å². The van der Waals surface area contributed by atoms with Crippen molar-refractivity contribution in [2.45, 2.75) is 46.2 Å². The predicted octanol–water partition coefficient (Wildman–Crippen LogP) is 0.163. The highest BCUT2D eigenvalue weighted by molar-refractivity contribution is 5.94. The largest absolute Gasteiger partial charge is 0.476 e. The standard InChI is InChI=1S/C12H19N5O4/c1-4-5-8-10(11(19)20)15-16-17(8)6-9(18)14-12(21)13-7(2)3/h7H,4-6H2,1-3H3,(H,19,20)(H2,13,14,18,21). The molecule has 0 aromatic carbocycles. The van der Waals surface area contributed by atoms with Crippen molar-refractivity contribution < 1.29 is 19.5 Å². The minimum atomic E-state index is -1.19. The number of aromatic nitrogens is 3. The second-order valence-electron chi connectivity index (χ2n) is 4.77. The van der Waals surface area contributed by atoms with Gasteiger partial charge in [0.05, 0.1) is 5.69 Å². The molecule has 9 heteroatoms. The van der Waals surface area contributed by atoms with Crippen molar-refractivity contribution in [3.05, 3.63) is 11.4 Å². The number of carbonyl (C=O) groups excluding carboxylic acids is 2. The van der Waals surface area contributed by atoms with E-state index in [0.717, 1.165) is 0 Å². The molecule has 0 aliphatic carbocycles. The summed E-state index contributed by atoms with van der Waals surface area (Å²) in [6, 6.07) is -0.705. The molecule has 9 nitrogen and oxygen atoms in total. The van der Waals surface area contributed by atoms with Gasteiger partial charge in [0.2, 0.25) is 5.91 Å². The van der Waals surface area contributed by atoms with E-state index < -0.39 is 17.9 Å². The van der Waals surface area contributed by atoms with Crippen LogP contribution in [0, 0.1) is 0 Å². The van der Waals surface area contributed by atoms with Crippen molar-refractivity contribution in [3.8, 4) is 0 Å². The van der Waals surface area contributed by atoms with Crippen molar-refractivity contribution >= 4 is 17.9 Å². The molecular formula is C12H19N5O4. The number of carboxylic acids is 1. The number of carbonyl (C=O) groups is 3. The Morgan fingerprint density at radius 1 is 1.33 bits per heavy atom. The fourth-order valence-corrected chi connectivity index (χ4v) is 1.71. The van der Waals surface area contributed by atoms with Crippen molar-refractivity contribution in [3.63, 3.8) is 0 Å². The maximum Gasteiger partial charge on any atom is 0.358 e. The van der Waals surface area contributed by atoms with Crippen LogP contribution in [-0.4, -0.2) is 44.0 Å². The molecule has 3 amide bonds. The first-order chi connectivity index (χ1) is 9.85. The van der Waals surface area contributed by atoms with Gasteiger partial charge >= 0.3 is 12.0 Å². The molecule has 0 unspecified atom stereocenters. The molecule has 116 valence electrons. The number of amides is 3. The molecule has 1 aromatic heterocycles. The average molecular weight is 297 g/mol. The van der Waals surface area contributed by atoms with E-state index in [4.69, 9.17) is 5.11 Å². The van der Waals surface area contributed by atoms with Crippen LogP contribution in [-0.2, 0) is 17.8 Å². The SMILES string of the molecule is CCCc1c(C(=O)O)nnn1CC(=O)NC(=O)NC(C)C. The Morgan fingerprint density at radius 3 is 2.52 bits per heavy atom. The van der Waals surface area contributed by atoms with Crippen LogP contribution in [0.1, 0.15) is 43.4 Å². The normalized spacial score (nSPS) is 10.5. The number of aromatic carboxylic acids is 1. The van der Waals surface area contributed by atoms with E-state index in [9.17, 15) is 14.4 Å². The van der Waals surface area contributed by atoms with E-state index in [1.165, 1.54) is 4.68 Å². The van der Waals surface area contributed by atoms with Crippen LogP contribution >= 0.6 is 0 Å². The number of urea groups is 1. The van der Waals surface area contributed by atoms with Crippen molar-refractivity contribution in [2.75, 3.05) is 0 Å². The Bertz CT molecular complexity index is 538. The van der Waals surface area contributed by atoms with Crippen molar-refractivity contribution in [2.24, 2.45) is 0 Å². The summed E-state index contributed by atoms with van der Waals surface area (Å²) in [5, 5.41) is 20.9. The Morgan fingerprint density at radius 2 is 2.00 bits per heavy atom. The molecule has 3 N–H and O–H groups in total. The van der Waals surface area contributed by atoms with E-state index in [2.05, 4.69) is 20.9 Å². The van der Waals surface area contributed by atoms with Crippen molar-refractivity contribution in [1.82, 2.24) is 25.6 Å². The van der Waals surface area contributed by atoms with Gasteiger partial charge in [-0.2, -0.15) is 0 Å². The Hall–Kier alpha value is -2.45. The number of hydrogen-bond donors (Lipinski definition) is 3. The first-order valence-corrected chi connectivity index (χ1v) is 6.61. The molecule has 1 aromatic rings. The lowest BCUT2D eigenvalue weighted by Crippen LogP contribution is -2.43. The highest BCUT2D eigenvalue weighted by atomic mass is 16.4. The Kier molecular flexibility index (Phi) is 5.82. The van der Waals surface area contributed by atoms with Crippen LogP contribution in [0.3, 0.4) is 0 Å². The lowest BCUT2D eigenvalue weighted by molar-refractivity contribution is -0.120. The molecule has 0 radical (unpaired) electrons. The zero-order valence-corrected chi connectivity index (χ0v) is 12.2. The third-order valence-electron chi connectivity index (χ3n) is 2.49. The minimum Gasteiger partial charge on any atom is -0.476 e. The first-order valence-electron chi connectivity index (χ1n) is 6.61. The number of imide groups is 1. The smallest absolute Gasteiger partial charge is 0.358 e. The summed E-state index contributed by atoms with van der Waals surface area (Å²) in [7, 11) is 0. The summed E-state index contributed by atoms with van der Waals surface area (Å²) < 4.78 is 1.20. The van der Waals surface area contributed by atoms with Gasteiger partial charge in [0.25, 0.3) is 0 Å². The van der Waals surface area contributed by atoms with Crippen LogP contribution < -0.4 is 10.6 Å². The number of hydrogen-bond acceptors (Lipinski definition) is 5. The Labute approximate surface area is 121 Å². The lowest BCUT2D eigenvalue weighted by atomic mass is 10.2. The van der Waals surface area contributed by atoms with Gasteiger partial charge in [0.1, 0.15) is 6.54 Å². The van der Waals surface area contributed by atoms with Crippen LogP contribution in [0.15, 0.2) is 0 Å². The topological polar surface area (TPSA) is 126 Å². The minimum absolute atomic E-state index is 0.0987. The zero-order valence-electron chi connectivity index (χ0n) is 12.2. The third kappa shape index (κ3) is 4.86. The number of carboxylic acid groups (broad SMARTS) is 1. The second-order valence-corrected chi connectivity index (χ2v) is 4.77. The van der Waals surface area contributed by atoms with E-state index in [0.29, 0.717) is 18.5 Å². The van der Waals surface area contributed by atoms with E-state index >= 15 is 0 Å². The van der Waals surface area contributed by atoms with Crippen LogP contribution in [0.25, 0.3) is 0 Å². The maximum atomic E-state index is 11.7. The summed E-state index contributed by atoms with van der Waals surface area (Å²) in [4.78, 5) is 34.1. The second kappa shape index (κ2) is 7.36. The Balaban J connectivity index is 2.76. The van der Waals surface area contributed by atoms with Gasteiger partial charge in [-0.3, -0.25) is 10.1 Å². The summed E-state index contributed by atoms with van der Waals surface area (Å²) in [6.07, 6.45) is 1.11. The molecule has 0 spiro atoms. The molecule has 0 aliphatic rings. The summed E-state index contributed by atoms with van der Waals surface area (Å²) in [5.74, 6) is -1.78. The van der Waals surface area contributed by atoms with Crippen LogP contribution in [0.4, 0.5) is 4.79 Å². The predicted molar refractivity (Wildman–Crippen MR) is 72.8 cm³/mol. The molecule has 0 aliphatic heterocycles. The van der Waals surface area contributed by atoms with Gasteiger partial charge in [-0.05, 0) is 20.3 Å². The highest BCUT2D eigenvalue weighted by Gasteiger charge is 2.20. The summed E-state index contributed by atoms with van der Waals surface area (Å²) >= 11 is 0. The van der Waals surface area contributed by atoms with Gasteiger partial charge < -0.3 is 10.4 Å². The molecule has 0 saturated carbocycles. The van der Waals surface area contributed by atoms with E-state index in [-0.39, 0.29) is 18.3 Å². The fraction of sp³-hybridized carbons (Fsp3) is 0.583. The molecule has 0 saturated heterocycles. The third-order valence-corrected chi connectivity index (χ3v) is 2.49. The quantitative estimate of drug-likeness (QED) is 0.686. The number of nitrogens with zero attached hydrogens (tertiary/aromatic N) is 3. The summed E-state index contributed by atoms with van der Waals surface area (Å²) in [5.41, 5.74) is 0.195. The van der Waals surface area contributed by atoms with E-state index in [1.807, 2.05) is 6.92 Å². The average Bonchev–Trinajstić information content (AvgIpc) is 2.71. The summed E-state index contributed by atoms with van der Waals surface area (Å²) in [6.45, 7) is 5.14. The van der Waals surface area contributed by atoms with Crippen LogP contribution in [0.5, 0.6) is 0 Å². The molecule has 1 heterocycles. The maximum absolute atomic E-state index is 11.7. The molecule has 0 atom stereocenters. The van der Waals surface area contributed by atoms with Gasteiger partial charge in [0.15, 0.2) is 5.69 Å². The van der Waals surface area contributed by atoms with Crippen molar-refractivity contribution in [1.29, 1.82) is 0 Å². The van der Waals surface area contributed by atoms with Crippen LogP contribution in [0.2, 0.25) is 0 Å². The first kappa shape index (κ1) is 16.6. The zero-order chi connectivity index (χ0) is 16.0. The molecular weight excluding hydrogens is 278 g/mol. The van der Waals surface area contributed by atoms with Gasteiger partial charge in [-0.1, -0.05) is 18.6 Å². The van der Waals surface area contributed by atoms with E-state index in [1.54, 1.807) is 13.8 Å². The lowest BCUT2D eigenvalue weighted by Gasteiger charge is -2.10. The van der Waals surface area contributed by atoms with Gasteiger partial charge in [0, 0.05) is 6.04 Å². The monoisotopic (exact) mass is 297 g/mol.